The minimum absolute atomic E-state index is 0.00298. The molecular formula is C23H20ClN3O6S2. The first-order chi connectivity index (χ1) is 16.8. The fraction of sp³-hybridized carbons (Fsp3) is 0.130. The number of halogens is 1. The lowest BCUT2D eigenvalue weighted by atomic mass is 10.3. The van der Waals surface area contributed by atoms with Gasteiger partial charge in [0.15, 0.2) is 5.58 Å². The molecule has 1 heterocycles. The van der Waals surface area contributed by atoms with E-state index in [4.69, 9.17) is 25.5 Å². The number of para-hydroxylation sites is 2. The minimum Gasteiger partial charge on any atom is -0.495 e. The third-order valence-corrected chi connectivity index (χ3v) is 7.19. The summed E-state index contributed by atoms with van der Waals surface area (Å²) < 4.78 is 44.3. The van der Waals surface area contributed by atoms with Crippen LogP contribution in [0.15, 0.2) is 75.2 Å². The number of sulfonamides is 1. The molecule has 0 atom stereocenters. The van der Waals surface area contributed by atoms with E-state index < -0.39 is 10.0 Å². The molecule has 2 N–H and O–H groups in total. The van der Waals surface area contributed by atoms with Crippen LogP contribution in [0.4, 0.5) is 11.4 Å². The van der Waals surface area contributed by atoms with E-state index in [-0.39, 0.29) is 21.8 Å². The molecule has 1 aromatic heterocycles. The van der Waals surface area contributed by atoms with Crippen LogP contribution in [-0.2, 0) is 14.8 Å². The summed E-state index contributed by atoms with van der Waals surface area (Å²) >= 11 is 7.06. The van der Waals surface area contributed by atoms with E-state index in [1.165, 1.54) is 32.4 Å². The Morgan fingerprint density at radius 2 is 1.77 bits per heavy atom. The number of oxazole rings is 1. The SMILES string of the molecule is COc1ccc(Cl)cc1NC(=O)CSc1nc2cc(S(=O)(=O)Nc3ccccc3OC)ccc2o1. The topological polar surface area (TPSA) is 120 Å². The predicted octanol–water partition coefficient (Wildman–Crippen LogP) is 5.03. The van der Waals surface area contributed by atoms with Crippen molar-refractivity contribution in [1.82, 2.24) is 4.98 Å². The third-order valence-electron chi connectivity index (χ3n) is 4.76. The summed E-state index contributed by atoms with van der Waals surface area (Å²) in [6.45, 7) is 0. The molecule has 0 bridgehead atoms. The molecule has 9 nitrogen and oxygen atoms in total. The summed E-state index contributed by atoms with van der Waals surface area (Å²) in [7, 11) is -0.954. The summed E-state index contributed by atoms with van der Waals surface area (Å²) in [6.07, 6.45) is 0. The molecule has 0 saturated heterocycles. The van der Waals surface area contributed by atoms with Gasteiger partial charge in [-0.3, -0.25) is 9.52 Å². The Morgan fingerprint density at radius 3 is 2.54 bits per heavy atom. The largest absolute Gasteiger partial charge is 0.495 e. The van der Waals surface area contributed by atoms with Gasteiger partial charge in [-0.05, 0) is 48.5 Å². The lowest BCUT2D eigenvalue weighted by molar-refractivity contribution is -0.113. The predicted molar refractivity (Wildman–Crippen MR) is 135 cm³/mol. The summed E-state index contributed by atoms with van der Waals surface area (Å²) in [5.41, 5.74) is 1.49. The Bertz CT molecular complexity index is 1490. The average molecular weight is 534 g/mol. The lowest BCUT2D eigenvalue weighted by Gasteiger charge is -2.11. The molecule has 0 spiro atoms. The minimum atomic E-state index is -3.90. The van der Waals surface area contributed by atoms with Crippen molar-refractivity contribution < 1.29 is 27.1 Å². The zero-order chi connectivity index (χ0) is 25.0. The van der Waals surface area contributed by atoms with Crippen molar-refractivity contribution in [3.05, 3.63) is 65.7 Å². The number of nitrogens with zero attached hydrogens (tertiary/aromatic N) is 1. The Hall–Kier alpha value is -3.41. The summed E-state index contributed by atoms with van der Waals surface area (Å²) in [6, 6.07) is 15.9. The molecular weight excluding hydrogens is 514 g/mol. The molecule has 0 radical (unpaired) electrons. The highest BCUT2D eigenvalue weighted by Crippen LogP contribution is 2.30. The van der Waals surface area contributed by atoms with Crippen molar-refractivity contribution in [2.75, 3.05) is 30.0 Å². The van der Waals surface area contributed by atoms with Crippen molar-refractivity contribution >= 4 is 61.8 Å². The highest BCUT2D eigenvalue weighted by Gasteiger charge is 2.19. The van der Waals surface area contributed by atoms with Crippen LogP contribution < -0.4 is 19.5 Å². The third kappa shape index (κ3) is 5.81. The number of carbonyl (C=O) groups is 1. The molecule has 4 aromatic rings. The van der Waals surface area contributed by atoms with E-state index in [0.717, 1.165) is 11.8 Å². The fourth-order valence-corrected chi connectivity index (χ4v) is 5.04. The lowest BCUT2D eigenvalue weighted by Crippen LogP contribution is -2.14. The van der Waals surface area contributed by atoms with Gasteiger partial charge in [0, 0.05) is 5.02 Å². The first kappa shape index (κ1) is 24.7. The number of carbonyl (C=O) groups excluding carboxylic acids is 1. The Labute approximate surface area is 210 Å². The second-order valence-corrected chi connectivity index (χ2v) is 10.1. The molecule has 0 aliphatic rings. The van der Waals surface area contributed by atoms with Gasteiger partial charge >= 0.3 is 0 Å². The van der Waals surface area contributed by atoms with E-state index in [9.17, 15) is 13.2 Å². The molecule has 1 amide bonds. The molecule has 0 unspecified atom stereocenters. The Balaban J connectivity index is 1.46. The molecule has 3 aromatic carbocycles. The second kappa shape index (κ2) is 10.5. The molecule has 35 heavy (non-hydrogen) atoms. The van der Waals surface area contributed by atoms with Gasteiger partial charge in [-0.15, -0.1) is 0 Å². The van der Waals surface area contributed by atoms with Crippen LogP contribution >= 0.6 is 23.4 Å². The maximum atomic E-state index is 12.9. The second-order valence-electron chi connectivity index (χ2n) is 7.10. The van der Waals surface area contributed by atoms with Crippen molar-refractivity contribution in [3.63, 3.8) is 0 Å². The molecule has 0 aliphatic carbocycles. The number of hydrogen-bond donors (Lipinski definition) is 2. The van der Waals surface area contributed by atoms with E-state index in [2.05, 4.69) is 15.0 Å². The molecule has 12 heteroatoms. The van der Waals surface area contributed by atoms with E-state index in [1.807, 2.05) is 0 Å². The Morgan fingerprint density at radius 1 is 1.03 bits per heavy atom. The zero-order valence-corrected chi connectivity index (χ0v) is 21.0. The highest BCUT2D eigenvalue weighted by atomic mass is 35.5. The first-order valence-corrected chi connectivity index (χ1v) is 13.0. The van der Waals surface area contributed by atoms with E-state index in [0.29, 0.717) is 39.0 Å². The van der Waals surface area contributed by atoms with Gasteiger partial charge in [-0.2, -0.15) is 0 Å². The summed E-state index contributed by atoms with van der Waals surface area (Å²) in [4.78, 5) is 16.7. The van der Waals surface area contributed by atoms with Gasteiger partial charge in [0.25, 0.3) is 15.2 Å². The number of nitrogens with one attached hydrogen (secondary N) is 2. The monoisotopic (exact) mass is 533 g/mol. The number of rotatable bonds is 9. The number of amides is 1. The molecule has 4 rings (SSSR count). The van der Waals surface area contributed by atoms with Crippen molar-refractivity contribution in [1.29, 1.82) is 0 Å². The standard InChI is InChI=1S/C23H20ClN3O6S2/c1-31-19-6-4-3-5-16(19)27-35(29,30)15-8-10-21-18(12-15)26-23(33-21)34-13-22(28)25-17-11-14(24)7-9-20(17)32-2/h3-12,27H,13H2,1-2H3,(H,25,28). The summed E-state index contributed by atoms with van der Waals surface area (Å²) in [5, 5.41) is 3.41. The van der Waals surface area contributed by atoms with Gasteiger partial charge in [-0.25, -0.2) is 13.4 Å². The zero-order valence-electron chi connectivity index (χ0n) is 18.6. The highest BCUT2D eigenvalue weighted by molar-refractivity contribution is 7.99. The first-order valence-electron chi connectivity index (χ1n) is 10.1. The van der Waals surface area contributed by atoms with E-state index >= 15 is 0 Å². The van der Waals surface area contributed by atoms with Crippen LogP contribution in [0.3, 0.4) is 0 Å². The smallest absolute Gasteiger partial charge is 0.262 e. The number of benzene rings is 3. The number of methoxy groups -OCH3 is 2. The summed E-state index contributed by atoms with van der Waals surface area (Å²) in [5.74, 6) is 0.557. The fourth-order valence-electron chi connectivity index (χ4n) is 3.14. The molecule has 182 valence electrons. The van der Waals surface area contributed by atoms with Crippen LogP contribution in [0.5, 0.6) is 11.5 Å². The van der Waals surface area contributed by atoms with E-state index in [1.54, 1.807) is 42.5 Å². The van der Waals surface area contributed by atoms with Crippen molar-refractivity contribution in [2.24, 2.45) is 0 Å². The number of anilines is 2. The van der Waals surface area contributed by atoms with Gasteiger partial charge in [0.05, 0.1) is 36.2 Å². The number of ether oxygens (including phenoxy) is 2. The number of hydrogen-bond acceptors (Lipinski definition) is 8. The van der Waals surface area contributed by atoms with Gasteiger partial charge < -0.3 is 19.2 Å². The van der Waals surface area contributed by atoms with Crippen LogP contribution in [0, 0.1) is 0 Å². The quantitative estimate of drug-likeness (QED) is 0.287. The van der Waals surface area contributed by atoms with Crippen molar-refractivity contribution in [3.8, 4) is 11.5 Å². The van der Waals surface area contributed by atoms with Gasteiger partial charge in [0.1, 0.15) is 17.0 Å². The van der Waals surface area contributed by atoms with Gasteiger partial charge in [-0.1, -0.05) is 35.5 Å². The number of aromatic nitrogens is 1. The van der Waals surface area contributed by atoms with Crippen LogP contribution in [-0.4, -0.2) is 39.3 Å². The average Bonchev–Trinajstić information content (AvgIpc) is 3.25. The van der Waals surface area contributed by atoms with Crippen LogP contribution in [0.2, 0.25) is 5.02 Å². The van der Waals surface area contributed by atoms with Crippen LogP contribution in [0.25, 0.3) is 11.1 Å². The molecule has 0 saturated carbocycles. The Kier molecular flexibility index (Phi) is 7.39. The number of thioether (sulfide) groups is 1. The van der Waals surface area contributed by atoms with Crippen molar-refractivity contribution in [2.45, 2.75) is 10.1 Å². The number of fused-ring (bicyclic) bond motifs is 1. The van der Waals surface area contributed by atoms with Gasteiger partial charge in [0.2, 0.25) is 5.91 Å². The molecule has 0 fully saturated rings. The molecule has 0 aliphatic heterocycles. The normalized spacial score (nSPS) is 11.3. The maximum absolute atomic E-state index is 12.9. The maximum Gasteiger partial charge on any atom is 0.262 e. The van der Waals surface area contributed by atoms with Crippen LogP contribution in [0.1, 0.15) is 0 Å².